The van der Waals surface area contributed by atoms with Gasteiger partial charge in [-0.05, 0) is 48.0 Å². The first-order valence-corrected chi connectivity index (χ1v) is 10.7. The molecule has 1 atom stereocenters. The summed E-state index contributed by atoms with van der Waals surface area (Å²) < 4.78 is 5.33. The van der Waals surface area contributed by atoms with Gasteiger partial charge in [0.05, 0.1) is 19.4 Å². The Bertz CT molecular complexity index is 1030. The minimum absolute atomic E-state index is 0.299. The van der Waals surface area contributed by atoms with Crippen LogP contribution in [0.3, 0.4) is 0 Å². The summed E-state index contributed by atoms with van der Waals surface area (Å²) >= 11 is 0. The van der Waals surface area contributed by atoms with Crippen LogP contribution in [0.15, 0.2) is 41.5 Å². The fourth-order valence-corrected chi connectivity index (χ4v) is 3.86. The summed E-state index contributed by atoms with van der Waals surface area (Å²) in [5.41, 5.74) is 4.84. The number of amides is 2. The van der Waals surface area contributed by atoms with Gasteiger partial charge in [-0.3, -0.25) is 15.0 Å². The zero-order valence-electron chi connectivity index (χ0n) is 20.0. The summed E-state index contributed by atoms with van der Waals surface area (Å²) in [4.78, 5) is 26.9. The highest BCUT2D eigenvalue weighted by molar-refractivity contribution is 6.47. The monoisotopic (exact) mass is 451 g/mol. The van der Waals surface area contributed by atoms with Gasteiger partial charge in [0.25, 0.3) is 11.8 Å². The van der Waals surface area contributed by atoms with Gasteiger partial charge in [-0.2, -0.15) is 5.10 Å². The van der Waals surface area contributed by atoms with Crippen molar-refractivity contribution in [3.63, 3.8) is 0 Å². The van der Waals surface area contributed by atoms with Crippen molar-refractivity contribution in [2.75, 3.05) is 7.11 Å². The summed E-state index contributed by atoms with van der Waals surface area (Å²) in [5, 5.41) is 14.5. The predicted octanol–water partition coefficient (Wildman–Crippen LogP) is 2.14. The van der Waals surface area contributed by atoms with Crippen LogP contribution in [0.5, 0.6) is 5.75 Å². The van der Waals surface area contributed by atoms with Crippen LogP contribution in [0.4, 0.5) is 0 Å². The Hall–Kier alpha value is -3.33. The standard InChI is InChI=1S/C24H32BN4O4/c1-7-21(24(3,4)5)29(28-22(30)18-9-8-10-20(33-6)15(18)2)23(31)16-11-12-17(14-27-26)19(13-16)25-32/h8-14,21,32H,7,26H2,1-6H3,(H,28,30)/b27-14-/t21-/m1/s1. The Balaban J connectivity index is 2.51. The number of hydrogen-bond acceptors (Lipinski definition) is 6. The van der Waals surface area contributed by atoms with Crippen molar-refractivity contribution in [3.8, 4) is 5.75 Å². The van der Waals surface area contributed by atoms with Crippen LogP contribution in [-0.4, -0.2) is 48.7 Å². The zero-order chi connectivity index (χ0) is 24.8. The Morgan fingerprint density at radius 2 is 2.00 bits per heavy atom. The number of carbonyl (C=O) groups excluding carboxylic acids is 2. The van der Waals surface area contributed by atoms with Gasteiger partial charge in [-0.15, -0.1) is 0 Å². The maximum atomic E-state index is 13.6. The van der Waals surface area contributed by atoms with Gasteiger partial charge in [0.2, 0.25) is 0 Å². The summed E-state index contributed by atoms with van der Waals surface area (Å²) in [6, 6.07) is 9.67. The number of carbonyl (C=O) groups is 2. The van der Waals surface area contributed by atoms with E-state index in [4.69, 9.17) is 10.6 Å². The average molecular weight is 451 g/mol. The topological polar surface area (TPSA) is 117 Å². The highest BCUT2D eigenvalue weighted by Gasteiger charge is 2.34. The molecule has 0 aliphatic carbocycles. The van der Waals surface area contributed by atoms with E-state index >= 15 is 0 Å². The molecule has 0 spiro atoms. The van der Waals surface area contributed by atoms with Crippen LogP contribution >= 0.6 is 0 Å². The lowest BCUT2D eigenvalue weighted by molar-refractivity contribution is 0.0284. The summed E-state index contributed by atoms with van der Waals surface area (Å²) in [5.74, 6) is 5.00. The molecule has 4 N–H and O–H groups in total. The molecule has 2 rings (SSSR count). The second-order valence-corrected chi connectivity index (χ2v) is 8.79. The number of benzene rings is 2. The summed E-state index contributed by atoms with van der Waals surface area (Å²) in [6.45, 7) is 9.79. The van der Waals surface area contributed by atoms with Gasteiger partial charge in [0, 0.05) is 16.7 Å². The Kier molecular flexibility index (Phi) is 8.65. The lowest BCUT2D eigenvalue weighted by atomic mass is 9.82. The molecule has 0 saturated carbocycles. The third kappa shape index (κ3) is 5.93. The highest BCUT2D eigenvalue weighted by atomic mass is 16.5. The van der Waals surface area contributed by atoms with Crippen molar-refractivity contribution in [1.29, 1.82) is 0 Å². The molecule has 175 valence electrons. The molecule has 0 bridgehead atoms. The van der Waals surface area contributed by atoms with Crippen molar-refractivity contribution in [2.24, 2.45) is 16.4 Å². The highest BCUT2D eigenvalue weighted by Crippen LogP contribution is 2.28. The number of nitrogens with zero attached hydrogens (tertiary/aromatic N) is 2. The molecular weight excluding hydrogens is 419 g/mol. The second-order valence-electron chi connectivity index (χ2n) is 8.79. The number of methoxy groups -OCH3 is 1. The van der Waals surface area contributed by atoms with E-state index in [-0.39, 0.29) is 11.5 Å². The zero-order valence-corrected chi connectivity index (χ0v) is 20.0. The van der Waals surface area contributed by atoms with Crippen molar-refractivity contribution in [3.05, 3.63) is 58.7 Å². The molecule has 0 aromatic heterocycles. The van der Waals surface area contributed by atoms with Crippen molar-refractivity contribution in [2.45, 2.75) is 47.1 Å². The molecule has 0 fully saturated rings. The van der Waals surface area contributed by atoms with E-state index in [9.17, 15) is 14.6 Å². The number of hydrogen-bond donors (Lipinski definition) is 3. The molecule has 1 radical (unpaired) electrons. The quantitative estimate of drug-likeness (QED) is 0.258. The normalized spacial score (nSPS) is 12.3. The van der Waals surface area contributed by atoms with E-state index in [0.29, 0.717) is 39.9 Å². The molecule has 0 aliphatic heterocycles. The Labute approximate surface area is 196 Å². The summed E-state index contributed by atoms with van der Waals surface area (Å²) in [7, 11) is 2.43. The fourth-order valence-electron chi connectivity index (χ4n) is 3.86. The molecule has 2 amide bonds. The van der Waals surface area contributed by atoms with Gasteiger partial charge in [-0.25, -0.2) is 5.01 Å². The van der Waals surface area contributed by atoms with E-state index in [0.717, 1.165) is 7.48 Å². The first-order chi connectivity index (χ1) is 15.6. The van der Waals surface area contributed by atoms with Crippen LogP contribution < -0.4 is 21.5 Å². The van der Waals surface area contributed by atoms with E-state index in [1.165, 1.54) is 17.3 Å². The molecule has 0 saturated heterocycles. The minimum atomic E-state index is -0.414. The number of ether oxygens (including phenoxy) is 1. The number of rotatable bonds is 7. The lowest BCUT2D eigenvalue weighted by Crippen LogP contribution is -2.56. The molecule has 2 aromatic carbocycles. The molecule has 33 heavy (non-hydrogen) atoms. The van der Waals surface area contributed by atoms with Gasteiger partial charge >= 0.3 is 7.48 Å². The van der Waals surface area contributed by atoms with Gasteiger partial charge < -0.3 is 15.6 Å². The third-order valence-corrected chi connectivity index (χ3v) is 5.57. The molecular formula is C24H32BN4O4. The lowest BCUT2D eigenvalue weighted by Gasteiger charge is -2.39. The third-order valence-electron chi connectivity index (χ3n) is 5.57. The fraction of sp³-hybridized carbons (Fsp3) is 0.375. The predicted molar refractivity (Wildman–Crippen MR) is 131 cm³/mol. The van der Waals surface area contributed by atoms with E-state index in [2.05, 4.69) is 10.5 Å². The van der Waals surface area contributed by atoms with Gasteiger partial charge in [0.15, 0.2) is 0 Å². The van der Waals surface area contributed by atoms with Crippen molar-refractivity contribution < 1.29 is 19.3 Å². The van der Waals surface area contributed by atoms with Gasteiger partial charge in [-0.1, -0.05) is 45.9 Å². The molecule has 2 aromatic rings. The van der Waals surface area contributed by atoms with Crippen molar-refractivity contribution in [1.82, 2.24) is 10.4 Å². The maximum absolute atomic E-state index is 13.6. The largest absolute Gasteiger partial charge is 0.496 e. The van der Waals surface area contributed by atoms with E-state index < -0.39 is 11.8 Å². The van der Waals surface area contributed by atoms with Gasteiger partial charge in [0.1, 0.15) is 5.75 Å². The molecule has 0 unspecified atom stereocenters. The Morgan fingerprint density at radius 1 is 1.30 bits per heavy atom. The number of nitrogens with two attached hydrogens (primary N) is 1. The first-order valence-electron chi connectivity index (χ1n) is 10.7. The number of hydrazine groups is 1. The average Bonchev–Trinajstić information content (AvgIpc) is 2.78. The van der Waals surface area contributed by atoms with Crippen LogP contribution in [0.2, 0.25) is 0 Å². The van der Waals surface area contributed by atoms with Crippen molar-refractivity contribution >= 4 is 31.0 Å². The minimum Gasteiger partial charge on any atom is -0.496 e. The van der Waals surface area contributed by atoms with E-state index in [1.807, 2.05) is 27.7 Å². The molecule has 0 heterocycles. The first kappa shape index (κ1) is 25.9. The SMILES string of the molecule is CC[C@@H](N(NC(=O)c1cccc(OC)c1C)C(=O)c1ccc(/C=N\N)c([B]O)c1)C(C)(C)C. The van der Waals surface area contributed by atoms with Crippen LogP contribution in [0.25, 0.3) is 0 Å². The number of hydrazone groups is 1. The van der Waals surface area contributed by atoms with Crippen LogP contribution in [-0.2, 0) is 0 Å². The Morgan fingerprint density at radius 3 is 2.55 bits per heavy atom. The summed E-state index contributed by atoms with van der Waals surface area (Å²) in [6.07, 6.45) is 1.99. The maximum Gasteiger partial charge on any atom is 0.327 e. The second kappa shape index (κ2) is 11.0. The van der Waals surface area contributed by atoms with Crippen LogP contribution in [0.1, 0.15) is 66.0 Å². The molecule has 9 heteroatoms. The van der Waals surface area contributed by atoms with E-state index in [1.54, 1.807) is 44.4 Å². The molecule has 0 aliphatic rings. The smallest absolute Gasteiger partial charge is 0.327 e. The number of nitrogens with one attached hydrogen (secondary N) is 1. The van der Waals surface area contributed by atoms with Crippen LogP contribution in [0, 0.1) is 12.3 Å². The molecule has 8 nitrogen and oxygen atoms in total.